The smallest absolute Gasteiger partial charge is 0.317 e. The predicted molar refractivity (Wildman–Crippen MR) is 68.6 cm³/mol. The van der Waals surface area contributed by atoms with Crippen LogP contribution in [0.15, 0.2) is 18.2 Å². The summed E-state index contributed by atoms with van der Waals surface area (Å²) in [6, 6.07) is 4.34. The first-order chi connectivity index (χ1) is 8.99. The molecule has 1 unspecified atom stereocenters. The van der Waals surface area contributed by atoms with Gasteiger partial charge in [-0.05, 0) is 24.6 Å². The highest BCUT2D eigenvalue weighted by molar-refractivity contribution is 5.83. The number of carboxylic acids is 1. The van der Waals surface area contributed by atoms with E-state index < -0.39 is 12.0 Å². The number of aliphatic carboxylic acids is 1. The summed E-state index contributed by atoms with van der Waals surface area (Å²) in [6.07, 6.45) is 0. The highest BCUT2D eigenvalue weighted by atomic mass is 16.5. The van der Waals surface area contributed by atoms with Crippen molar-refractivity contribution in [3.05, 3.63) is 23.8 Å². The number of carboxylic acid groups (broad SMARTS) is 1. The van der Waals surface area contributed by atoms with E-state index in [4.69, 9.17) is 14.6 Å². The van der Waals surface area contributed by atoms with Gasteiger partial charge in [0.1, 0.15) is 0 Å². The van der Waals surface area contributed by atoms with E-state index >= 15 is 0 Å². The number of ketones is 1. The van der Waals surface area contributed by atoms with Crippen LogP contribution in [0, 0.1) is 0 Å². The lowest BCUT2D eigenvalue weighted by atomic mass is 10.0. The topological polar surface area (TPSA) is 84.9 Å². The van der Waals surface area contributed by atoms with Crippen molar-refractivity contribution in [2.45, 2.75) is 13.0 Å². The van der Waals surface area contributed by atoms with Crippen molar-refractivity contribution in [2.24, 2.45) is 0 Å². The summed E-state index contributed by atoms with van der Waals surface area (Å²) in [6.45, 7) is 1.11. The molecule has 0 heterocycles. The fraction of sp³-hybridized carbons (Fsp3) is 0.385. The van der Waals surface area contributed by atoms with Gasteiger partial charge in [-0.1, -0.05) is 6.07 Å². The quantitative estimate of drug-likeness (QED) is 0.767. The minimum Gasteiger partial charge on any atom is -0.493 e. The lowest BCUT2D eigenvalue weighted by molar-refractivity contribution is -0.136. The Labute approximate surface area is 111 Å². The molecule has 104 valence electrons. The second-order valence-electron chi connectivity index (χ2n) is 3.93. The van der Waals surface area contributed by atoms with Gasteiger partial charge in [0.15, 0.2) is 17.3 Å². The van der Waals surface area contributed by atoms with Gasteiger partial charge < -0.3 is 14.6 Å². The molecule has 1 aromatic rings. The first-order valence-electron chi connectivity index (χ1n) is 5.67. The molecule has 1 rings (SSSR count). The zero-order chi connectivity index (χ0) is 14.4. The van der Waals surface area contributed by atoms with Crippen molar-refractivity contribution < 1.29 is 24.2 Å². The Morgan fingerprint density at radius 2 is 1.89 bits per heavy atom. The molecule has 0 bridgehead atoms. The maximum atomic E-state index is 11.6. The number of ether oxygens (including phenoxy) is 2. The molecular formula is C13H17NO5. The zero-order valence-electron chi connectivity index (χ0n) is 11.1. The Morgan fingerprint density at radius 3 is 2.37 bits per heavy atom. The van der Waals surface area contributed by atoms with Gasteiger partial charge in [0.2, 0.25) is 0 Å². The number of methoxy groups -OCH3 is 2. The number of Topliss-reactive ketones (excluding diaryl/α,β-unsaturated/α-hetero) is 1. The summed E-state index contributed by atoms with van der Waals surface area (Å²) in [5.41, 5.74) is 0.631. The molecule has 0 fully saturated rings. The highest BCUT2D eigenvalue weighted by Crippen LogP contribution is 2.30. The van der Waals surface area contributed by atoms with Crippen molar-refractivity contribution in [3.63, 3.8) is 0 Å². The summed E-state index contributed by atoms with van der Waals surface area (Å²) >= 11 is 0. The molecule has 0 saturated carbocycles. The molecule has 0 aliphatic rings. The number of carbonyl (C=O) groups is 2. The monoisotopic (exact) mass is 267 g/mol. The summed E-state index contributed by atoms with van der Waals surface area (Å²) < 4.78 is 10.3. The van der Waals surface area contributed by atoms with Crippen LogP contribution in [0.1, 0.15) is 18.5 Å². The van der Waals surface area contributed by atoms with Crippen LogP contribution in [0.3, 0.4) is 0 Å². The third-order valence-corrected chi connectivity index (χ3v) is 2.60. The molecule has 6 heteroatoms. The average Bonchev–Trinajstić information content (AvgIpc) is 2.37. The Balaban J connectivity index is 3.02. The summed E-state index contributed by atoms with van der Waals surface area (Å²) in [4.78, 5) is 22.1. The summed E-state index contributed by atoms with van der Waals surface area (Å²) in [7, 11) is 3.01. The van der Waals surface area contributed by atoms with Gasteiger partial charge in [0.05, 0.1) is 26.8 Å². The van der Waals surface area contributed by atoms with Crippen LogP contribution < -0.4 is 14.8 Å². The van der Waals surface area contributed by atoms with Crippen LogP contribution in [0.4, 0.5) is 0 Å². The van der Waals surface area contributed by atoms with Gasteiger partial charge >= 0.3 is 5.97 Å². The van der Waals surface area contributed by atoms with Crippen LogP contribution in [-0.4, -0.2) is 37.6 Å². The van der Waals surface area contributed by atoms with E-state index in [1.165, 1.54) is 21.1 Å². The van der Waals surface area contributed by atoms with Gasteiger partial charge in [-0.15, -0.1) is 0 Å². The number of benzene rings is 1. The lowest BCUT2D eigenvalue weighted by Crippen LogP contribution is -2.31. The third-order valence-electron chi connectivity index (χ3n) is 2.60. The molecule has 0 radical (unpaired) electrons. The fourth-order valence-electron chi connectivity index (χ4n) is 1.72. The van der Waals surface area contributed by atoms with Crippen molar-refractivity contribution >= 4 is 11.8 Å². The van der Waals surface area contributed by atoms with Gasteiger partial charge in [-0.3, -0.25) is 14.9 Å². The molecule has 6 nitrogen and oxygen atoms in total. The first-order valence-corrected chi connectivity index (χ1v) is 5.67. The van der Waals surface area contributed by atoms with E-state index in [9.17, 15) is 9.59 Å². The largest absolute Gasteiger partial charge is 0.493 e. The molecule has 0 aliphatic carbocycles. The van der Waals surface area contributed by atoms with Gasteiger partial charge in [0, 0.05) is 0 Å². The Bertz CT molecular complexity index is 472. The van der Waals surface area contributed by atoms with E-state index in [1.807, 2.05) is 0 Å². The third kappa shape index (κ3) is 3.96. The second-order valence-corrected chi connectivity index (χ2v) is 3.93. The van der Waals surface area contributed by atoms with Crippen LogP contribution >= 0.6 is 0 Å². The molecule has 0 aromatic heterocycles. The molecule has 0 saturated heterocycles. The number of carbonyl (C=O) groups excluding carboxylic acids is 1. The first kappa shape index (κ1) is 15.0. The molecule has 1 aromatic carbocycles. The van der Waals surface area contributed by atoms with Crippen LogP contribution in [-0.2, 0) is 9.59 Å². The summed E-state index contributed by atoms with van der Waals surface area (Å²) in [5, 5.41) is 11.3. The SMILES string of the molecule is COc1ccc(C(NCC(=O)O)C(C)=O)cc1OC. The fourth-order valence-corrected chi connectivity index (χ4v) is 1.72. The lowest BCUT2D eigenvalue weighted by Gasteiger charge is -2.17. The Morgan fingerprint density at radius 1 is 1.26 bits per heavy atom. The van der Waals surface area contributed by atoms with Crippen molar-refractivity contribution in [1.82, 2.24) is 5.32 Å². The average molecular weight is 267 g/mol. The standard InChI is InChI=1S/C13H17NO5/c1-8(15)13(14-7-12(16)17)9-4-5-10(18-2)11(6-9)19-3/h4-6,13-14H,7H2,1-3H3,(H,16,17). The maximum absolute atomic E-state index is 11.6. The van der Waals surface area contributed by atoms with Gasteiger partial charge in [0.25, 0.3) is 0 Å². The Kier molecular flexibility index (Phi) is 5.32. The van der Waals surface area contributed by atoms with Crippen molar-refractivity contribution in [2.75, 3.05) is 20.8 Å². The normalized spacial score (nSPS) is 11.7. The second kappa shape index (κ2) is 6.75. The van der Waals surface area contributed by atoms with Crippen LogP contribution in [0.25, 0.3) is 0 Å². The number of rotatable bonds is 7. The minimum absolute atomic E-state index is 0.173. The zero-order valence-corrected chi connectivity index (χ0v) is 11.1. The van der Waals surface area contributed by atoms with E-state index in [-0.39, 0.29) is 12.3 Å². The minimum atomic E-state index is -1.02. The molecule has 0 spiro atoms. The van der Waals surface area contributed by atoms with E-state index in [2.05, 4.69) is 5.32 Å². The van der Waals surface area contributed by atoms with E-state index in [0.29, 0.717) is 17.1 Å². The molecular weight excluding hydrogens is 250 g/mol. The number of nitrogens with one attached hydrogen (secondary N) is 1. The predicted octanol–water partition coefficient (Wildman–Crippen LogP) is 1.01. The van der Waals surface area contributed by atoms with E-state index in [0.717, 1.165) is 0 Å². The maximum Gasteiger partial charge on any atom is 0.317 e. The molecule has 0 amide bonds. The van der Waals surface area contributed by atoms with Crippen LogP contribution in [0.5, 0.6) is 11.5 Å². The highest BCUT2D eigenvalue weighted by Gasteiger charge is 2.19. The molecule has 0 aliphatic heterocycles. The number of hydrogen-bond donors (Lipinski definition) is 2. The van der Waals surface area contributed by atoms with Gasteiger partial charge in [-0.2, -0.15) is 0 Å². The van der Waals surface area contributed by atoms with Crippen LogP contribution in [0.2, 0.25) is 0 Å². The Hall–Kier alpha value is -2.08. The molecule has 2 N–H and O–H groups in total. The summed E-state index contributed by atoms with van der Waals surface area (Å²) in [5.74, 6) is -0.157. The molecule has 19 heavy (non-hydrogen) atoms. The molecule has 1 atom stereocenters. The van der Waals surface area contributed by atoms with E-state index in [1.54, 1.807) is 18.2 Å². The van der Waals surface area contributed by atoms with Crippen molar-refractivity contribution in [3.8, 4) is 11.5 Å². The van der Waals surface area contributed by atoms with Gasteiger partial charge in [-0.25, -0.2) is 0 Å². The number of hydrogen-bond acceptors (Lipinski definition) is 5. The van der Waals surface area contributed by atoms with Crippen molar-refractivity contribution in [1.29, 1.82) is 0 Å².